The van der Waals surface area contributed by atoms with E-state index in [0.29, 0.717) is 35.6 Å². The van der Waals surface area contributed by atoms with Crippen LogP contribution in [0.1, 0.15) is 78.9 Å². The number of aromatic nitrogens is 2. The molecule has 2 heterocycles. The molecule has 0 radical (unpaired) electrons. The number of amides is 2. The molecule has 0 aliphatic heterocycles. The standard InChI is InChI=1S/C31H36FN5O3/c1-31(2,3)27(37-30(39)40)26-22(11-7-16-33-26)19-35-29(38)24-13-14-25(21-9-4-5-10-21)36-28(24)34-17-15-20-8-6-12-23(32)18-20/h6-9,11-14,16,18,27,37H,4-5,10,15,17,19H2,1-3H3,(H,34,36)(H,35,38)(H,39,40). The van der Waals surface area contributed by atoms with Crippen molar-refractivity contribution in [3.63, 3.8) is 0 Å². The first-order valence-corrected chi connectivity index (χ1v) is 13.5. The fourth-order valence-corrected chi connectivity index (χ4v) is 4.83. The molecule has 40 heavy (non-hydrogen) atoms. The Morgan fingerprint density at radius 3 is 2.65 bits per heavy atom. The SMILES string of the molecule is CC(C)(C)C(NC(=O)O)c1ncccc1CNC(=O)c1ccc(C2=CCCC2)nc1NCCc1cccc(F)c1. The summed E-state index contributed by atoms with van der Waals surface area (Å²) < 4.78 is 13.6. The number of benzene rings is 1. The Balaban J connectivity index is 1.54. The molecule has 0 fully saturated rings. The first-order valence-electron chi connectivity index (χ1n) is 13.5. The van der Waals surface area contributed by atoms with Gasteiger partial charge >= 0.3 is 6.09 Å². The largest absolute Gasteiger partial charge is 0.465 e. The average molecular weight is 546 g/mol. The number of nitrogens with one attached hydrogen (secondary N) is 3. The summed E-state index contributed by atoms with van der Waals surface area (Å²) in [4.78, 5) is 34.2. The van der Waals surface area contributed by atoms with Gasteiger partial charge in [-0.25, -0.2) is 14.2 Å². The van der Waals surface area contributed by atoms with Gasteiger partial charge in [-0.1, -0.05) is 45.0 Å². The second-order valence-corrected chi connectivity index (χ2v) is 11.0. The summed E-state index contributed by atoms with van der Waals surface area (Å²) in [7, 11) is 0. The molecule has 4 rings (SSSR count). The lowest BCUT2D eigenvalue weighted by Gasteiger charge is -2.31. The zero-order valence-corrected chi connectivity index (χ0v) is 23.1. The van der Waals surface area contributed by atoms with E-state index in [1.807, 2.05) is 39.0 Å². The van der Waals surface area contributed by atoms with Crippen LogP contribution in [0.15, 0.2) is 60.8 Å². The normalized spacial score (nSPS) is 13.8. The highest BCUT2D eigenvalue weighted by molar-refractivity contribution is 5.99. The molecule has 1 atom stereocenters. The Labute approximate surface area is 234 Å². The molecule has 1 aromatic carbocycles. The third-order valence-electron chi connectivity index (χ3n) is 6.88. The zero-order chi connectivity index (χ0) is 28.7. The molecule has 2 aromatic heterocycles. The summed E-state index contributed by atoms with van der Waals surface area (Å²) in [5.41, 5.74) is 4.07. The molecule has 0 spiro atoms. The number of allylic oxidation sites excluding steroid dienone is 2. The molecule has 4 N–H and O–H groups in total. The van der Waals surface area contributed by atoms with Crippen molar-refractivity contribution in [2.24, 2.45) is 5.41 Å². The molecule has 1 aliphatic carbocycles. The fourth-order valence-electron chi connectivity index (χ4n) is 4.83. The molecule has 3 aromatic rings. The van der Waals surface area contributed by atoms with Crippen molar-refractivity contribution >= 4 is 23.4 Å². The van der Waals surface area contributed by atoms with E-state index in [1.54, 1.807) is 24.4 Å². The second-order valence-electron chi connectivity index (χ2n) is 11.0. The summed E-state index contributed by atoms with van der Waals surface area (Å²) in [6.07, 6.45) is 6.27. The maximum atomic E-state index is 13.6. The molecule has 1 aliphatic rings. The zero-order valence-electron chi connectivity index (χ0n) is 23.1. The molecule has 0 saturated heterocycles. The van der Waals surface area contributed by atoms with Crippen LogP contribution < -0.4 is 16.0 Å². The van der Waals surface area contributed by atoms with E-state index in [-0.39, 0.29) is 18.3 Å². The molecule has 2 amide bonds. The Hall–Kier alpha value is -4.27. The molecule has 210 valence electrons. The van der Waals surface area contributed by atoms with Gasteiger partial charge in [0.25, 0.3) is 5.91 Å². The summed E-state index contributed by atoms with van der Waals surface area (Å²) in [6, 6.07) is 13.1. The van der Waals surface area contributed by atoms with Gasteiger partial charge in [-0.2, -0.15) is 0 Å². The molecule has 1 unspecified atom stereocenters. The number of carbonyl (C=O) groups excluding carboxylic acids is 1. The van der Waals surface area contributed by atoms with E-state index in [4.69, 9.17) is 4.98 Å². The molecule has 0 bridgehead atoms. The van der Waals surface area contributed by atoms with Gasteiger partial charge in [0.1, 0.15) is 11.6 Å². The quantitative estimate of drug-likeness (QED) is 0.244. The fraction of sp³-hybridized carbons (Fsp3) is 0.355. The van der Waals surface area contributed by atoms with Crippen molar-refractivity contribution in [3.05, 3.63) is 94.7 Å². The maximum absolute atomic E-state index is 13.6. The van der Waals surface area contributed by atoms with Crippen molar-refractivity contribution in [1.29, 1.82) is 0 Å². The van der Waals surface area contributed by atoms with Gasteiger partial charge in [0.15, 0.2) is 0 Å². The Morgan fingerprint density at radius 1 is 1.12 bits per heavy atom. The lowest BCUT2D eigenvalue weighted by Crippen LogP contribution is -2.37. The van der Waals surface area contributed by atoms with Crippen LogP contribution in [0.25, 0.3) is 5.57 Å². The third kappa shape index (κ3) is 7.43. The molecular formula is C31H36FN5O3. The van der Waals surface area contributed by atoms with Crippen molar-refractivity contribution < 1.29 is 19.1 Å². The number of carboxylic acid groups (broad SMARTS) is 1. The minimum atomic E-state index is -1.14. The highest BCUT2D eigenvalue weighted by Crippen LogP contribution is 2.33. The van der Waals surface area contributed by atoms with Crippen LogP contribution >= 0.6 is 0 Å². The number of hydrogen-bond acceptors (Lipinski definition) is 5. The average Bonchev–Trinajstić information content (AvgIpc) is 3.45. The summed E-state index contributed by atoms with van der Waals surface area (Å²) >= 11 is 0. The second kappa shape index (κ2) is 12.7. The van der Waals surface area contributed by atoms with E-state index in [0.717, 1.165) is 30.5 Å². The number of hydrogen-bond donors (Lipinski definition) is 4. The van der Waals surface area contributed by atoms with Crippen molar-refractivity contribution in [2.75, 3.05) is 11.9 Å². The Bertz CT molecular complexity index is 1400. The molecule has 8 nitrogen and oxygen atoms in total. The van der Waals surface area contributed by atoms with Crippen LogP contribution in [-0.2, 0) is 13.0 Å². The summed E-state index contributed by atoms with van der Waals surface area (Å²) in [5, 5.41) is 18.2. The van der Waals surface area contributed by atoms with Crippen LogP contribution in [0.4, 0.5) is 15.0 Å². The lowest BCUT2D eigenvalue weighted by molar-refractivity contribution is 0.0951. The topological polar surface area (TPSA) is 116 Å². The van der Waals surface area contributed by atoms with Gasteiger partial charge in [-0.3, -0.25) is 9.78 Å². The van der Waals surface area contributed by atoms with Crippen LogP contribution in [0, 0.1) is 11.2 Å². The van der Waals surface area contributed by atoms with Crippen LogP contribution in [-0.4, -0.2) is 33.6 Å². The number of anilines is 1. The van der Waals surface area contributed by atoms with Gasteiger partial charge in [-0.05, 0) is 78.1 Å². The predicted molar refractivity (Wildman–Crippen MR) is 153 cm³/mol. The van der Waals surface area contributed by atoms with Gasteiger partial charge in [0, 0.05) is 19.3 Å². The van der Waals surface area contributed by atoms with Crippen LogP contribution in [0.2, 0.25) is 0 Å². The number of nitrogens with zero attached hydrogens (tertiary/aromatic N) is 2. The van der Waals surface area contributed by atoms with Gasteiger partial charge in [0.2, 0.25) is 0 Å². The highest BCUT2D eigenvalue weighted by Gasteiger charge is 2.31. The number of carbonyl (C=O) groups is 2. The van der Waals surface area contributed by atoms with Crippen LogP contribution in [0.5, 0.6) is 0 Å². The Morgan fingerprint density at radius 2 is 1.95 bits per heavy atom. The number of halogens is 1. The van der Waals surface area contributed by atoms with E-state index in [2.05, 4.69) is 27.0 Å². The minimum absolute atomic E-state index is 0.158. The third-order valence-corrected chi connectivity index (χ3v) is 6.88. The van der Waals surface area contributed by atoms with Gasteiger partial charge in [-0.15, -0.1) is 0 Å². The molecule has 9 heteroatoms. The first kappa shape index (κ1) is 28.7. The minimum Gasteiger partial charge on any atom is -0.465 e. The molecular weight excluding hydrogens is 509 g/mol. The highest BCUT2D eigenvalue weighted by atomic mass is 19.1. The van der Waals surface area contributed by atoms with E-state index < -0.39 is 17.6 Å². The van der Waals surface area contributed by atoms with Gasteiger partial charge in [0.05, 0.1) is 23.0 Å². The lowest BCUT2D eigenvalue weighted by atomic mass is 9.83. The maximum Gasteiger partial charge on any atom is 0.405 e. The molecule has 0 saturated carbocycles. The predicted octanol–water partition coefficient (Wildman–Crippen LogP) is 6.12. The Kier molecular flexibility index (Phi) is 9.14. The summed E-state index contributed by atoms with van der Waals surface area (Å²) in [6.45, 7) is 6.42. The van der Waals surface area contributed by atoms with E-state index >= 15 is 0 Å². The number of pyridine rings is 2. The van der Waals surface area contributed by atoms with E-state index in [1.165, 1.54) is 17.7 Å². The van der Waals surface area contributed by atoms with Crippen LogP contribution in [0.3, 0.4) is 0 Å². The number of rotatable bonds is 10. The first-order chi connectivity index (χ1) is 19.1. The smallest absolute Gasteiger partial charge is 0.405 e. The summed E-state index contributed by atoms with van der Waals surface area (Å²) in [5.74, 6) is -0.139. The van der Waals surface area contributed by atoms with Crippen molar-refractivity contribution in [2.45, 2.75) is 59.0 Å². The van der Waals surface area contributed by atoms with E-state index in [9.17, 15) is 19.1 Å². The van der Waals surface area contributed by atoms with Gasteiger partial charge < -0.3 is 21.1 Å². The van der Waals surface area contributed by atoms with Crippen molar-refractivity contribution in [1.82, 2.24) is 20.6 Å². The van der Waals surface area contributed by atoms with Crippen molar-refractivity contribution in [3.8, 4) is 0 Å². The monoisotopic (exact) mass is 545 g/mol.